The van der Waals surface area contributed by atoms with Crippen molar-refractivity contribution in [1.82, 2.24) is 15.1 Å². The second-order valence-electron chi connectivity index (χ2n) is 6.52. The largest absolute Gasteiger partial charge is 0.345 e. The zero-order chi connectivity index (χ0) is 19.6. The predicted molar refractivity (Wildman–Crippen MR) is 101 cm³/mol. The number of benzene rings is 1. The molecule has 2 amide bonds. The zero-order valence-corrected chi connectivity index (χ0v) is 16.3. The van der Waals surface area contributed by atoms with E-state index in [2.05, 4.69) is 9.71 Å². The Morgan fingerprint density at radius 2 is 1.96 bits per heavy atom. The van der Waals surface area contributed by atoms with E-state index in [0.717, 1.165) is 6.42 Å². The highest BCUT2D eigenvalue weighted by molar-refractivity contribution is 7.90. The monoisotopic (exact) mass is 392 g/mol. The maximum atomic E-state index is 12.7. The second kappa shape index (κ2) is 7.67. The zero-order valence-electron chi connectivity index (χ0n) is 15.5. The van der Waals surface area contributed by atoms with Crippen molar-refractivity contribution in [2.45, 2.75) is 37.6 Å². The predicted octanol–water partition coefficient (Wildman–Crippen LogP) is 0.585. The first-order valence-corrected chi connectivity index (χ1v) is 10.6. The molecule has 2 aliphatic heterocycles. The minimum absolute atomic E-state index is 0.0633. The van der Waals surface area contributed by atoms with Crippen LogP contribution in [0, 0.1) is 0 Å². The van der Waals surface area contributed by atoms with Gasteiger partial charge in [-0.25, -0.2) is 0 Å². The average Bonchev–Trinajstić information content (AvgIpc) is 3.24. The molecular formula is C18H24N4O4S. The Kier molecular flexibility index (Phi) is 5.50. The quantitative estimate of drug-likeness (QED) is 0.790. The molecule has 0 aromatic heterocycles. The van der Waals surface area contributed by atoms with Gasteiger partial charge in [-0.05, 0) is 38.8 Å². The Bertz CT molecular complexity index is 877. The first kappa shape index (κ1) is 19.3. The smallest absolute Gasteiger partial charge is 0.285 e. The van der Waals surface area contributed by atoms with E-state index in [4.69, 9.17) is 0 Å². The molecule has 1 atom stereocenters. The molecule has 3 rings (SSSR count). The van der Waals surface area contributed by atoms with Crippen LogP contribution in [0.4, 0.5) is 0 Å². The van der Waals surface area contributed by atoms with E-state index in [0.29, 0.717) is 37.5 Å². The van der Waals surface area contributed by atoms with Gasteiger partial charge in [0.25, 0.3) is 10.0 Å². The number of likely N-dealkylation sites (tertiary alicyclic amines) is 1. The molecule has 1 saturated heterocycles. The van der Waals surface area contributed by atoms with E-state index in [1.807, 2.05) is 13.8 Å². The highest BCUT2D eigenvalue weighted by Gasteiger charge is 2.39. The summed E-state index contributed by atoms with van der Waals surface area (Å²) in [5.74, 6) is -0.0974. The van der Waals surface area contributed by atoms with Gasteiger partial charge in [0.05, 0.1) is 6.54 Å². The topological polar surface area (TPSA) is 99.2 Å². The summed E-state index contributed by atoms with van der Waals surface area (Å²) in [6.07, 6.45) is 1.34. The molecule has 1 N–H and O–H groups in total. The van der Waals surface area contributed by atoms with E-state index in [1.165, 1.54) is 6.07 Å². The molecule has 0 radical (unpaired) electrons. The van der Waals surface area contributed by atoms with Crippen LogP contribution in [0.5, 0.6) is 0 Å². The number of amides is 2. The van der Waals surface area contributed by atoms with Crippen molar-refractivity contribution < 1.29 is 18.0 Å². The van der Waals surface area contributed by atoms with Crippen LogP contribution in [0.3, 0.4) is 0 Å². The van der Waals surface area contributed by atoms with Gasteiger partial charge in [0.2, 0.25) is 11.8 Å². The number of likely N-dealkylation sites (N-methyl/N-ethyl adjacent to an activating group) is 1. The van der Waals surface area contributed by atoms with Gasteiger partial charge < -0.3 is 15.1 Å². The highest BCUT2D eigenvalue weighted by atomic mass is 32.2. The lowest BCUT2D eigenvalue weighted by Gasteiger charge is -2.26. The molecule has 0 bridgehead atoms. The third-order valence-corrected chi connectivity index (χ3v) is 6.30. The highest BCUT2D eigenvalue weighted by Crippen LogP contribution is 2.31. The third kappa shape index (κ3) is 3.69. The summed E-state index contributed by atoms with van der Waals surface area (Å²) in [6.45, 7) is 5.44. The number of sulfonamides is 1. The second-order valence-corrected chi connectivity index (χ2v) is 8.09. The summed E-state index contributed by atoms with van der Waals surface area (Å²) >= 11 is 0. The third-order valence-electron chi connectivity index (χ3n) is 4.97. The van der Waals surface area contributed by atoms with Crippen molar-refractivity contribution >= 4 is 27.7 Å². The lowest BCUT2D eigenvalue weighted by molar-refractivity contribution is -0.133. The van der Waals surface area contributed by atoms with Crippen molar-refractivity contribution in [2.24, 2.45) is 4.40 Å². The van der Waals surface area contributed by atoms with Crippen LogP contribution in [-0.4, -0.2) is 68.1 Å². The van der Waals surface area contributed by atoms with Crippen LogP contribution < -0.4 is 5.32 Å². The number of hydrogen-bond acceptors (Lipinski definition) is 5. The molecule has 0 spiro atoms. The molecule has 1 aromatic carbocycles. The van der Waals surface area contributed by atoms with Crippen LogP contribution >= 0.6 is 0 Å². The number of carbonyl (C=O) groups excluding carboxylic acids is 2. The van der Waals surface area contributed by atoms with Crippen LogP contribution in [-0.2, 0) is 19.6 Å². The Hall–Kier alpha value is -2.42. The number of amidine groups is 1. The average molecular weight is 392 g/mol. The first-order chi connectivity index (χ1) is 12.9. The summed E-state index contributed by atoms with van der Waals surface area (Å²) in [4.78, 5) is 28.3. The fourth-order valence-electron chi connectivity index (χ4n) is 3.56. The number of hydrogen-bond donors (Lipinski definition) is 1. The van der Waals surface area contributed by atoms with Crippen molar-refractivity contribution in [3.63, 3.8) is 0 Å². The molecule has 146 valence electrons. The Balaban J connectivity index is 1.75. The fourth-order valence-corrected chi connectivity index (χ4v) is 4.77. The SMILES string of the molecule is CCN(CC)C(=O)CNC(=O)[C@@H]1CCCN1C1=NS(=O)(=O)c2ccccc21. The van der Waals surface area contributed by atoms with Crippen LogP contribution in [0.1, 0.15) is 32.3 Å². The summed E-state index contributed by atoms with van der Waals surface area (Å²) in [5, 5.41) is 2.70. The molecule has 2 heterocycles. The minimum atomic E-state index is -3.73. The number of rotatable bonds is 5. The standard InChI is InChI=1S/C18H24N4O4S/c1-3-21(4-2)16(23)12-19-18(24)14-9-7-11-22(14)17-13-8-5-6-10-15(13)27(25,26)20-17/h5-6,8,10,14H,3-4,7,9,11-12H2,1-2H3,(H,19,24)/t14-/m0/s1. The number of carbonyl (C=O) groups is 2. The van der Waals surface area contributed by atoms with E-state index < -0.39 is 16.1 Å². The van der Waals surface area contributed by atoms with E-state index in [1.54, 1.807) is 28.0 Å². The molecule has 0 unspecified atom stereocenters. The van der Waals surface area contributed by atoms with Gasteiger partial charge in [-0.3, -0.25) is 9.59 Å². The maximum Gasteiger partial charge on any atom is 0.285 e. The van der Waals surface area contributed by atoms with E-state index in [9.17, 15) is 18.0 Å². The summed E-state index contributed by atoms with van der Waals surface area (Å²) in [7, 11) is -3.73. The van der Waals surface area contributed by atoms with Gasteiger partial charge in [-0.15, -0.1) is 4.40 Å². The molecule has 1 aromatic rings. The maximum absolute atomic E-state index is 12.7. The number of fused-ring (bicyclic) bond motifs is 1. The van der Waals surface area contributed by atoms with Crippen molar-refractivity contribution in [2.75, 3.05) is 26.2 Å². The van der Waals surface area contributed by atoms with Gasteiger partial charge in [0.1, 0.15) is 10.9 Å². The van der Waals surface area contributed by atoms with Gasteiger partial charge in [-0.2, -0.15) is 8.42 Å². The number of nitrogens with zero attached hydrogens (tertiary/aromatic N) is 3. The summed E-state index contributed by atoms with van der Waals surface area (Å²) in [6, 6.07) is 6.10. The van der Waals surface area contributed by atoms with Gasteiger partial charge in [-0.1, -0.05) is 12.1 Å². The summed E-state index contributed by atoms with van der Waals surface area (Å²) < 4.78 is 28.5. The normalized spacial score (nSPS) is 20.1. The molecule has 0 aliphatic carbocycles. The molecule has 8 nitrogen and oxygen atoms in total. The molecule has 9 heteroatoms. The molecule has 1 fully saturated rings. The van der Waals surface area contributed by atoms with Gasteiger partial charge in [0.15, 0.2) is 5.84 Å². The summed E-state index contributed by atoms with van der Waals surface area (Å²) in [5.41, 5.74) is 0.524. The Morgan fingerprint density at radius 1 is 1.26 bits per heavy atom. The van der Waals surface area contributed by atoms with E-state index >= 15 is 0 Å². The van der Waals surface area contributed by atoms with Crippen molar-refractivity contribution in [3.05, 3.63) is 29.8 Å². The fraction of sp³-hybridized carbons (Fsp3) is 0.500. The van der Waals surface area contributed by atoms with E-state index in [-0.39, 0.29) is 23.3 Å². The molecule has 2 aliphatic rings. The molecular weight excluding hydrogens is 368 g/mol. The minimum Gasteiger partial charge on any atom is -0.345 e. The Morgan fingerprint density at radius 3 is 2.67 bits per heavy atom. The lowest BCUT2D eigenvalue weighted by Crippen LogP contribution is -2.48. The Labute approximate surface area is 159 Å². The lowest BCUT2D eigenvalue weighted by atomic mass is 10.1. The first-order valence-electron chi connectivity index (χ1n) is 9.15. The van der Waals surface area contributed by atoms with Crippen LogP contribution in [0.25, 0.3) is 0 Å². The molecule has 27 heavy (non-hydrogen) atoms. The number of nitrogens with one attached hydrogen (secondary N) is 1. The van der Waals surface area contributed by atoms with Gasteiger partial charge in [0, 0.05) is 25.2 Å². The van der Waals surface area contributed by atoms with Crippen molar-refractivity contribution in [1.29, 1.82) is 0 Å². The van der Waals surface area contributed by atoms with Crippen LogP contribution in [0.15, 0.2) is 33.6 Å². The van der Waals surface area contributed by atoms with Crippen molar-refractivity contribution in [3.8, 4) is 0 Å². The molecule has 0 saturated carbocycles. The van der Waals surface area contributed by atoms with Gasteiger partial charge >= 0.3 is 0 Å². The van der Waals surface area contributed by atoms with Crippen LogP contribution in [0.2, 0.25) is 0 Å².